The van der Waals surface area contributed by atoms with Crippen molar-refractivity contribution in [2.24, 2.45) is 0 Å². The van der Waals surface area contributed by atoms with Crippen molar-refractivity contribution in [2.45, 2.75) is 6.18 Å². The smallest absolute Gasteiger partial charge is 0.418 e. The van der Waals surface area contributed by atoms with Crippen LogP contribution in [0, 0.1) is 0 Å². The minimum Gasteiger partial charge on any atom is -0.497 e. The van der Waals surface area contributed by atoms with Gasteiger partial charge in [0.05, 0.1) is 31.2 Å². The predicted molar refractivity (Wildman–Crippen MR) is 88.2 cm³/mol. The van der Waals surface area contributed by atoms with Gasteiger partial charge in [0, 0.05) is 6.07 Å². The standard InChI is InChI=1S/C17H15F3N2O4/c1-25-10-7-8-14(26-2)13(9-10)22-16(24)15(23)21-12-6-4-3-5-11(12)17(18,19)20/h3-9H,1-2H3,(H,21,23)(H,22,24). The first-order valence-corrected chi connectivity index (χ1v) is 7.27. The lowest BCUT2D eigenvalue weighted by Gasteiger charge is -2.14. The van der Waals surface area contributed by atoms with Gasteiger partial charge in [-0.2, -0.15) is 13.2 Å². The van der Waals surface area contributed by atoms with E-state index in [1.165, 1.54) is 38.5 Å². The van der Waals surface area contributed by atoms with Crippen molar-refractivity contribution in [2.75, 3.05) is 24.9 Å². The average molecular weight is 368 g/mol. The lowest BCUT2D eigenvalue weighted by Crippen LogP contribution is -2.30. The summed E-state index contributed by atoms with van der Waals surface area (Å²) in [4.78, 5) is 24.0. The van der Waals surface area contributed by atoms with Gasteiger partial charge in [0.2, 0.25) is 0 Å². The second-order valence-corrected chi connectivity index (χ2v) is 5.02. The summed E-state index contributed by atoms with van der Waals surface area (Å²) in [6, 6.07) is 8.85. The molecule has 2 amide bonds. The van der Waals surface area contributed by atoms with Gasteiger partial charge < -0.3 is 20.1 Å². The van der Waals surface area contributed by atoms with Crippen LogP contribution in [0.5, 0.6) is 11.5 Å². The molecule has 0 bridgehead atoms. The Bertz CT molecular complexity index is 822. The number of para-hydroxylation sites is 1. The third-order valence-corrected chi connectivity index (χ3v) is 3.34. The maximum atomic E-state index is 12.9. The molecule has 0 saturated heterocycles. The first-order valence-electron chi connectivity index (χ1n) is 7.27. The topological polar surface area (TPSA) is 76.7 Å². The van der Waals surface area contributed by atoms with E-state index in [1.807, 2.05) is 5.32 Å². The largest absolute Gasteiger partial charge is 0.497 e. The van der Waals surface area contributed by atoms with E-state index < -0.39 is 29.2 Å². The Balaban J connectivity index is 2.18. The molecule has 2 rings (SSSR count). The third kappa shape index (κ3) is 4.44. The van der Waals surface area contributed by atoms with E-state index in [0.717, 1.165) is 12.1 Å². The molecule has 0 aliphatic heterocycles. The molecule has 26 heavy (non-hydrogen) atoms. The first-order chi connectivity index (χ1) is 12.3. The maximum absolute atomic E-state index is 12.9. The molecule has 2 aromatic carbocycles. The number of ether oxygens (including phenoxy) is 2. The van der Waals surface area contributed by atoms with Crippen molar-refractivity contribution in [1.29, 1.82) is 0 Å². The zero-order valence-corrected chi connectivity index (χ0v) is 13.8. The number of halogens is 3. The number of carbonyl (C=O) groups is 2. The second-order valence-electron chi connectivity index (χ2n) is 5.02. The van der Waals surface area contributed by atoms with Crippen LogP contribution in [-0.4, -0.2) is 26.0 Å². The molecule has 0 spiro atoms. The van der Waals surface area contributed by atoms with Gasteiger partial charge in [-0.1, -0.05) is 12.1 Å². The van der Waals surface area contributed by atoms with Gasteiger partial charge in [-0.15, -0.1) is 0 Å². The highest BCUT2D eigenvalue weighted by atomic mass is 19.4. The number of amides is 2. The third-order valence-electron chi connectivity index (χ3n) is 3.34. The minimum atomic E-state index is -4.67. The van der Waals surface area contributed by atoms with E-state index >= 15 is 0 Å². The normalized spacial score (nSPS) is 10.8. The molecule has 9 heteroatoms. The number of hydrogen-bond acceptors (Lipinski definition) is 4. The van der Waals surface area contributed by atoms with Gasteiger partial charge in [0.25, 0.3) is 0 Å². The summed E-state index contributed by atoms with van der Waals surface area (Å²) in [5.74, 6) is -1.77. The SMILES string of the molecule is COc1ccc(OC)c(NC(=O)C(=O)Nc2ccccc2C(F)(F)F)c1. The Morgan fingerprint density at radius 1 is 0.885 bits per heavy atom. The van der Waals surface area contributed by atoms with Gasteiger partial charge >= 0.3 is 18.0 Å². The van der Waals surface area contributed by atoms with Crippen LogP contribution in [0.4, 0.5) is 24.5 Å². The summed E-state index contributed by atoms with van der Waals surface area (Å²) in [5, 5.41) is 4.24. The highest BCUT2D eigenvalue weighted by Crippen LogP contribution is 2.34. The number of alkyl halides is 3. The number of anilines is 2. The summed E-state index contributed by atoms with van der Waals surface area (Å²) in [6.07, 6.45) is -4.67. The molecule has 138 valence electrons. The van der Waals surface area contributed by atoms with E-state index in [4.69, 9.17) is 9.47 Å². The Hall–Kier alpha value is -3.23. The highest BCUT2D eigenvalue weighted by molar-refractivity contribution is 6.43. The number of hydrogen-bond donors (Lipinski definition) is 2. The number of carbonyl (C=O) groups excluding carboxylic acids is 2. The van der Waals surface area contributed by atoms with E-state index in [2.05, 4.69) is 5.32 Å². The highest BCUT2D eigenvalue weighted by Gasteiger charge is 2.34. The molecule has 0 heterocycles. The van der Waals surface area contributed by atoms with Crippen molar-refractivity contribution in [3.05, 3.63) is 48.0 Å². The fourth-order valence-corrected chi connectivity index (χ4v) is 2.11. The van der Waals surface area contributed by atoms with Gasteiger partial charge in [0.1, 0.15) is 11.5 Å². The molecular weight excluding hydrogens is 353 g/mol. The van der Waals surface area contributed by atoms with Crippen LogP contribution in [0.3, 0.4) is 0 Å². The van der Waals surface area contributed by atoms with Crippen molar-refractivity contribution < 1.29 is 32.2 Å². The van der Waals surface area contributed by atoms with Crippen LogP contribution < -0.4 is 20.1 Å². The summed E-state index contributed by atoms with van der Waals surface area (Å²) < 4.78 is 48.9. The van der Waals surface area contributed by atoms with Gasteiger partial charge in [-0.05, 0) is 24.3 Å². The van der Waals surface area contributed by atoms with Crippen LogP contribution in [0.1, 0.15) is 5.56 Å². The summed E-state index contributed by atoms with van der Waals surface area (Å²) in [6.45, 7) is 0. The lowest BCUT2D eigenvalue weighted by atomic mass is 10.1. The molecule has 0 atom stereocenters. The molecule has 6 nitrogen and oxygen atoms in total. The number of nitrogens with one attached hydrogen (secondary N) is 2. The molecule has 0 saturated carbocycles. The fraction of sp³-hybridized carbons (Fsp3) is 0.176. The molecule has 2 aromatic rings. The monoisotopic (exact) mass is 368 g/mol. The maximum Gasteiger partial charge on any atom is 0.418 e. The van der Waals surface area contributed by atoms with E-state index in [-0.39, 0.29) is 11.4 Å². The number of rotatable bonds is 4. The Kier molecular flexibility index (Phi) is 5.71. The number of methoxy groups -OCH3 is 2. The molecule has 0 aliphatic carbocycles. The van der Waals surface area contributed by atoms with Gasteiger partial charge in [0.15, 0.2) is 0 Å². The average Bonchev–Trinajstić information content (AvgIpc) is 2.61. The van der Waals surface area contributed by atoms with Crippen LogP contribution in [0.15, 0.2) is 42.5 Å². The predicted octanol–water partition coefficient (Wildman–Crippen LogP) is 3.30. The number of benzene rings is 2. The quantitative estimate of drug-likeness (QED) is 0.812. The molecular formula is C17H15F3N2O4. The summed E-state index contributed by atoms with van der Waals surface area (Å²) in [7, 11) is 2.77. The Morgan fingerprint density at radius 3 is 2.08 bits per heavy atom. The van der Waals surface area contributed by atoms with E-state index in [0.29, 0.717) is 5.75 Å². The zero-order valence-electron chi connectivity index (χ0n) is 13.8. The van der Waals surface area contributed by atoms with E-state index in [9.17, 15) is 22.8 Å². The van der Waals surface area contributed by atoms with Crippen molar-refractivity contribution >= 4 is 23.2 Å². The van der Waals surface area contributed by atoms with Crippen LogP contribution in [0.2, 0.25) is 0 Å². The van der Waals surface area contributed by atoms with Crippen molar-refractivity contribution in [3.8, 4) is 11.5 Å². The molecule has 0 aliphatic rings. The zero-order chi connectivity index (χ0) is 19.3. The van der Waals surface area contributed by atoms with Crippen molar-refractivity contribution in [1.82, 2.24) is 0 Å². The molecule has 0 radical (unpaired) electrons. The fourth-order valence-electron chi connectivity index (χ4n) is 2.11. The first kappa shape index (κ1) is 19.1. The van der Waals surface area contributed by atoms with Gasteiger partial charge in [-0.3, -0.25) is 9.59 Å². The molecule has 2 N–H and O–H groups in total. The van der Waals surface area contributed by atoms with Gasteiger partial charge in [-0.25, -0.2) is 0 Å². The molecule has 0 aromatic heterocycles. The Morgan fingerprint density at radius 2 is 1.50 bits per heavy atom. The molecule has 0 fully saturated rings. The summed E-state index contributed by atoms with van der Waals surface area (Å²) in [5.41, 5.74) is -1.44. The van der Waals surface area contributed by atoms with Crippen molar-refractivity contribution in [3.63, 3.8) is 0 Å². The van der Waals surface area contributed by atoms with Crippen LogP contribution in [-0.2, 0) is 15.8 Å². The van der Waals surface area contributed by atoms with Crippen LogP contribution in [0.25, 0.3) is 0 Å². The summed E-state index contributed by atoms with van der Waals surface area (Å²) >= 11 is 0. The second kappa shape index (κ2) is 7.77. The minimum absolute atomic E-state index is 0.135. The molecule has 0 unspecified atom stereocenters. The van der Waals surface area contributed by atoms with Crippen LogP contribution >= 0.6 is 0 Å². The lowest BCUT2D eigenvalue weighted by molar-refractivity contribution is -0.137. The van der Waals surface area contributed by atoms with E-state index in [1.54, 1.807) is 6.07 Å². The Labute approximate surface area is 146 Å².